The van der Waals surface area contributed by atoms with Crippen LogP contribution in [0.3, 0.4) is 0 Å². The monoisotopic (exact) mass is 240 g/mol. The number of pyridine rings is 1. The van der Waals surface area contributed by atoms with Gasteiger partial charge in [-0.2, -0.15) is 0 Å². The second kappa shape index (κ2) is 4.42. The number of ether oxygens (including phenoxy) is 1. The number of nitrogens with one attached hydrogen (secondary N) is 1. The van der Waals surface area contributed by atoms with Gasteiger partial charge in [0.25, 0.3) is 0 Å². The van der Waals surface area contributed by atoms with Gasteiger partial charge in [0.15, 0.2) is 0 Å². The molecule has 0 atom stereocenters. The standard InChI is InChI=1S/C15H16N2O/c1-16-13-7-5-12(6-8-13)15(10-18-11-15)14-4-2-3-9-17-14/h2-9,16H,10-11H2,1H3. The van der Waals surface area contributed by atoms with Gasteiger partial charge in [-0.05, 0) is 29.8 Å². The van der Waals surface area contributed by atoms with Gasteiger partial charge in [-0.25, -0.2) is 0 Å². The van der Waals surface area contributed by atoms with E-state index in [1.54, 1.807) is 0 Å². The molecule has 0 radical (unpaired) electrons. The fourth-order valence-corrected chi connectivity index (χ4v) is 2.37. The Kier molecular flexibility index (Phi) is 2.76. The van der Waals surface area contributed by atoms with E-state index in [4.69, 9.17) is 4.74 Å². The first-order valence-corrected chi connectivity index (χ1v) is 6.13. The number of anilines is 1. The number of rotatable bonds is 3. The highest BCUT2D eigenvalue weighted by atomic mass is 16.5. The van der Waals surface area contributed by atoms with Crippen LogP contribution >= 0.6 is 0 Å². The van der Waals surface area contributed by atoms with Crippen LogP contribution in [0.2, 0.25) is 0 Å². The molecule has 3 rings (SSSR count). The molecule has 1 aliphatic heterocycles. The summed E-state index contributed by atoms with van der Waals surface area (Å²) < 4.78 is 5.45. The van der Waals surface area contributed by atoms with Crippen LogP contribution in [-0.4, -0.2) is 25.2 Å². The number of hydrogen-bond donors (Lipinski definition) is 1. The lowest BCUT2D eigenvalue weighted by molar-refractivity contribution is -0.0400. The molecule has 3 nitrogen and oxygen atoms in total. The number of aromatic nitrogens is 1. The van der Waals surface area contributed by atoms with Gasteiger partial charge in [-0.3, -0.25) is 4.98 Å². The molecular formula is C15H16N2O. The van der Waals surface area contributed by atoms with E-state index in [0.717, 1.165) is 11.4 Å². The minimum absolute atomic E-state index is 0.0620. The summed E-state index contributed by atoms with van der Waals surface area (Å²) in [5.41, 5.74) is 3.42. The summed E-state index contributed by atoms with van der Waals surface area (Å²) in [5.74, 6) is 0. The zero-order valence-corrected chi connectivity index (χ0v) is 10.4. The van der Waals surface area contributed by atoms with Crippen LogP contribution in [0.4, 0.5) is 5.69 Å². The third-order valence-corrected chi connectivity index (χ3v) is 3.58. The van der Waals surface area contributed by atoms with E-state index in [1.165, 1.54) is 5.56 Å². The lowest BCUT2D eigenvalue weighted by Crippen LogP contribution is -2.48. The molecular weight excluding hydrogens is 224 g/mol. The summed E-state index contributed by atoms with van der Waals surface area (Å²) in [4.78, 5) is 4.50. The summed E-state index contributed by atoms with van der Waals surface area (Å²) in [6, 6.07) is 14.6. The molecule has 1 aliphatic rings. The third kappa shape index (κ3) is 1.68. The van der Waals surface area contributed by atoms with Crippen LogP contribution in [0.5, 0.6) is 0 Å². The number of benzene rings is 1. The summed E-state index contributed by atoms with van der Waals surface area (Å²) in [7, 11) is 1.93. The van der Waals surface area contributed by atoms with E-state index >= 15 is 0 Å². The molecule has 0 aliphatic carbocycles. The van der Waals surface area contributed by atoms with Crippen molar-refractivity contribution >= 4 is 5.69 Å². The lowest BCUT2D eigenvalue weighted by atomic mass is 9.75. The van der Waals surface area contributed by atoms with Crippen LogP contribution in [0, 0.1) is 0 Å². The topological polar surface area (TPSA) is 34.2 Å². The van der Waals surface area contributed by atoms with E-state index in [2.05, 4.69) is 40.6 Å². The highest BCUT2D eigenvalue weighted by molar-refractivity contribution is 5.48. The summed E-state index contributed by atoms with van der Waals surface area (Å²) in [6.45, 7) is 1.42. The predicted octanol–water partition coefficient (Wildman–Crippen LogP) is 2.44. The van der Waals surface area contributed by atoms with E-state index in [-0.39, 0.29) is 5.41 Å². The molecule has 1 aromatic heterocycles. The van der Waals surface area contributed by atoms with Gasteiger partial charge in [0, 0.05) is 18.9 Å². The Hall–Kier alpha value is -1.87. The predicted molar refractivity (Wildman–Crippen MR) is 71.8 cm³/mol. The van der Waals surface area contributed by atoms with Gasteiger partial charge in [-0.15, -0.1) is 0 Å². The van der Waals surface area contributed by atoms with E-state index in [1.807, 2.05) is 25.4 Å². The first kappa shape index (κ1) is 11.2. The van der Waals surface area contributed by atoms with Crippen LogP contribution in [-0.2, 0) is 10.2 Å². The van der Waals surface area contributed by atoms with Gasteiger partial charge in [0.1, 0.15) is 0 Å². The van der Waals surface area contributed by atoms with Crippen LogP contribution in [0.15, 0.2) is 48.7 Å². The normalized spacial score (nSPS) is 16.9. The van der Waals surface area contributed by atoms with Crippen molar-refractivity contribution in [2.24, 2.45) is 0 Å². The van der Waals surface area contributed by atoms with Crippen LogP contribution < -0.4 is 5.32 Å². The largest absolute Gasteiger partial charge is 0.388 e. The Labute approximate surface area is 107 Å². The lowest BCUT2D eigenvalue weighted by Gasteiger charge is -2.41. The molecule has 2 aromatic rings. The summed E-state index contributed by atoms with van der Waals surface area (Å²) in [6.07, 6.45) is 1.84. The van der Waals surface area contributed by atoms with Crippen molar-refractivity contribution in [3.8, 4) is 0 Å². The molecule has 0 spiro atoms. The van der Waals surface area contributed by atoms with Gasteiger partial charge in [0.05, 0.1) is 24.3 Å². The zero-order valence-electron chi connectivity index (χ0n) is 10.4. The minimum atomic E-state index is -0.0620. The Bertz CT molecular complexity index is 518. The average molecular weight is 240 g/mol. The van der Waals surface area contributed by atoms with Crippen molar-refractivity contribution in [1.29, 1.82) is 0 Å². The fraction of sp³-hybridized carbons (Fsp3) is 0.267. The molecule has 0 unspecified atom stereocenters. The van der Waals surface area contributed by atoms with Crippen molar-refractivity contribution in [2.45, 2.75) is 5.41 Å². The van der Waals surface area contributed by atoms with E-state index in [0.29, 0.717) is 13.2 Å². The molecule has 1 saturated heterocycles. The number of hydrogen-bond acceptors (Lipinski definition) is 3. The number of nitrogens with zero attached hydrogens (tertiary/aromatic N) is 1. The molecule has 92 valence electrons. The van der Waals surface area contributed by atoms with E-state index < -0.39 is 0 Å². The smallest absolute Gasteiger partial charge is 0.0841 e. The Morgan fingerprint density at radius 3 is 2.39 bits per heavy atom. The summed E-state index contributed by atoms with van der Waals surface area (Å²) >= 11 is 0. The maximum atomic E-state index is 5.45. The molecule has 0 amide bonds. The molecule has 3 heteroatoms. The van der Waals surface area contributed by atoms with Gasteiger partial charge >= 0.3 is 0 Å². The Morgan fingerprint density at radius 2 is 1.89 bits per heavy atom. The van der Waals surface area contributed by atoms with Gasteiger partial charge in [-0.1, -0.05) is 18.2 Å². The van der Waals surface area contributed by atoms with Crippen molar-refractivity contribution < 1.29 is 4.74 Å². The quantitative estimate of drug-likeness (QED) is 0.894. The van der Waals surface area contributed by atoms with Crippen molar-refractivity contribution in [2.75, 3.05) is 25.6 Å². The zero-order chi connectivity index (χ0) is 12.4. The van der Waals surface area contributed by atoms with Crippen molar-refractivity contribution in [1.82, 2.24) is 4.98 Å². The third-order valence-electron chi connectivity index (χ3n) is 3.58. The second-order valence-corrected chi connectivity index (χ2v) is 4.62. The second-order valence-electron chi connectivity index (χ2n) is 4.62. The minimum Gasteiger partial charge on any atom is -0.388 e. The maximum absolute atomic E-state index is 5.45. The van der Waals surface area contributed by atoms with Gasteiger partial charge in [0.2, 0.25) is 0 Å². The first-order chi connectivity index (χ1) is 8.85. The Morgan fingerprint density at radius 1 is 1.11 bits per heavy atom. The highest BCUT2D eigenvalue weighted by Gasteiger charge is 2.43. The van der Waals surface area contributed by atoms with Crippen LogP contribution in [0.1, 0.15) is 11.3 Å². The molecule has 1 N–H and O–H groups in total. The molecule has 1 aromatic carbocycles. The van der Waals surface area contributed by atoms with E-state index in [9.17, 15) is 0 Å². The highest BCUT2D eigenvalue weighted by Crippen LogP contribution is 2.38. The first-order valence-electron chi connectivity index (χ1n) is 6.13. The SMILES string of the molecule is CNc1ccc(C2(c3ccccn3)COC2)cc1. The average Bonchev–Trinajstić information content (AvgIpc) is 2.40. The summed E-state index contributed by atoms with van der Waals surface area (Å²) in [5, 5.41) is 3.13. The fourth-order valence-electron chi connectivity index (χ4n) is 2.37. The maximum Gasteiger partial charge on any atom is 0.0841 e. The van der Waals surface area contributed by atoms with Crippen LogP contribution in [0.25, 0.3) is 0 Å². The molecule has 18 heavy (non-hydrogen) atoms. The molecule has 0 saturated carbocycles. The van der Waals surface area contributed by atoms with Crippen molar-refractivity contribution in [3.05, 3.63) is 59.9 Å². The molecule has 1 fully saturated rings. The molecule has 0 bridgehead atoms. The molecule has 2 heterocycles. The Balaban J connectivity index is 2.01. The van der Waals surface area contributed by atoms with Gasteiger partial charge < -0.3 is 10.1 Å². The van der Waals surface area contributed by atoms with Crippen molar-refractivity contribution in [3.63, 3.8) is 0 Å².